The van der Waals surface area contributed by atoms with Gasteiger partial charge in [0.25, 0.3) is 0 Å². The Morgan fingerprint density at radius 3 is 2.94 bits per heavy atom. The molecule has 0 aliphatic heterocycles. The SMILES string of the molecule is CCC(C(=O)O)S(=O)Cc1cccnc1C#N. The van der Waals surface area contributed by atoms with Crippen LogP contribution in [0.2, 0.25) is 0 Å². The molecule has 2 atom stereocenters. The second-order valence-corrected chi connectivity index (χ2v) is 5.00. The number of nitriles is 1. The number of carboxylic acid groups (broad SMARTS) is 1. The summed E-state index contributed by atoms with van der Waals surface area (Å²) in [7, 11) is -1.54. The molecule has 17 heavy (non-hydrogen) atoms. The van der Waals surface area contributed by atoms with E-state index < -0.39 is 22.0 Å². The fourth-order valence-electron chi connectivity index (χ4n) is 1.38. The lowest BCUT2D eigenvalue weighted by atomic mass is 10.2. The Bertz CT molecular complexity index is 482. The standard InChI is InChI=1S/C11H12N2O3S/c1-2-10(11(14)15)17(16)7-8-4-3-5-13-9(8)6-12/h3-5,10H,2,7H2,1H3,(H,14,15). The third-order valence-electron chi connectivity index (χ3n) is 2.26. The van der Waals surface area contributed by atoms with Crippen molar-refractivity contribution >= 4 is 16.8 Å². The Kier molecular flexibility index (Phi) is 4.79. The average Bonchev–Trinajstić information content (AvgIpc) is 2.30. The molecule has 1 aromatic heterocycles. The first-order chi connectivity index (χ1) is 8.10. The minimum Gasteiger partial charge on any atom is -0.480 e. The van der Waals surface area contributed by atoms with E-state index >= 15 is 0 Å². The zero-order valence-corrected chi connectivity index (χ0v) is 10.1. The van der Waals surface area contributed by atoms with Crippen LogP contribution in [0.25, 0.3) is 0 Å². The lowest BCUT2D eigenvalue weighted by Gasteiger charge is -2.09. The van der Waals surface area contributed by atoms with Crippen molar-refractivity contribution in [1.82, 2.24) is 4.98 Å². The maximum atomic E-state index is 11.8. The van der Waals surface area contributed by atoms with Gasteiger partial charge in [-0.2, -0.15) is 5.26 Å². The van der Waals surface area contributed by atoms with Gasteiger partial charge >= 0.3 is 5.97 Å². The molecule has 0 aromatic carbocycles. The molecule has 0 saturated carbocycles. The van der Waals surface area contributed by atoms with Crippen LogP contribution in [0.1, 0.15) is 24.6 Å². The third kappa shape index (κ3) is 3.36. The topological polar surface area (TPSA) is 91.0 Å². The summed E-state index contributed by atoms with van der Waals surface area (Å²) in [6.07, 6.45) is 1.77. The van der Waals surface area contributed by atoms with Gasteiger partial charge in [0.05, 0.1) is 5.75 Å². The number of nitrogens with zero attached hydrogens (tertiary/aromatic N) is 2. The highest BCUT2D eigenvalue weighted by atomic mass is 32.2. The van der Waals surface area contributed by atoms with Crippen molar-refractivity contribution < 1.29 is 14.1 Å². The molecule has 5 nitrogen and oxygen atoms in total. The van der Waals surface area contributed by atoms with E-state index in [2.05, 4.69) is 4.98 Å². The highest BCUT2D eigenvalue weighted by molar-refractivity contribution is 7.85. The summed E-state index contributed by atoms with van der Waals surface area (Å²) in [5.41, 5.74) is 0.717. The van der Waals surface area contributed by atoms with Crippen molar-refractivity contribution in [2.24, 2.45) is 0 Å². The van der Waals surface area contributed by atoms with Crippen LogP contribution in [-0.2, 0) is 21.3 Å². The molecule has 0 amide bonds. The van der Waals surface area contributed by atoms with E-state index in [9.17, 15) is 9.00 Å². The number of carbonyl (C=O) groups is 1. The van der Waals surface area contributed by atoms with Crippen LogP contribution >= 0.6 is 0 Å². The monoisotopic (exact) mass is 252 g/mol. The third-order valence-corrected chi connectivity index (χ3v) is 4.02. The van der Waals surface area contributed by atoms with E-state index in [0.29, 0.717) is 12.0 Å². The van der Waals surface area contributed by atoms with Gasteiger partial charge in [-0.1, -0.05) is 13.0 Å². The molecule has 1 aromatic rings. The second kappa shape index (κ2) is 6.11. The number of rotatable bonds is 5. The first kappa shape index (κ1) is 13.3. The molecule has 0 bridgehead atoms. The van der Waals surface area contributed by atoms with Gasteiger partial charge < -0.3 is 5.11 Å². The van der Waals surface area contributed by atoms with Crippen LogP contribution in [0.3, 0.4) is 0 Å². The van der Waals surface area contributed by atoms with Gasteiger partial charge in [0.15, 0.2) is 0 Å². The van der Waals surface area contributed by atoms with Crippen LogP contribution in [0.5, 0.6) is 0 Å². The molecule has 0 aliphatic rings. The fourth-order valence-corrected chi connectivity index (χ4v) is 2.72. The van der Waals surface area contributed by atoms with Crippen LogP contribution < -0.4 is 0 Å². The predicted molar refractivity (Wildman–Crippen MR) is 62.5 cm³/mol. The molecule has 1 heterocycles. The van der Waals surface area contributed by atoms with E-state index in [-0.39, 0.29) is 11.4 Å². The van der Waals surface area contributed by atoms with E-state index in [0.717, 1.165) is 0 Å². The summed E-state index contributed by atoms with van der Waals surface area (Å²) >= 11 is 0. The summed E-state index contributed by atoms with van der Waals surface area (Å²) in [5.74, 6) is -1.03. The van der Waals surface area contributed by atoms with Gasteiger partial charge in [0.2, 0.25) is 0 Å². The highest BCUT2D eigenvalue weighted by Crippen LogP contribution is 2.12. The number of pyridine rings is 1. The van der Waals surface area contributed by atoms with Crippen molar-refractivity contribution in [2.45, 2.75) is 24.3 Å². The number of hydrogen-bond donors (Lipinski definition) is 1. The Balaban J connectivity index is 2.88. The average molecular weight is 252 g/mol. The Morgan fingerprint density at radius 2 is 2.41 bits per heavy atom. The summed E-state index contributed by atoms with van der Waals surface area (Å²) in [6, 6.07) is 5.17. The minimum absolute atomic E-state index is 0.0432. The van der Waals surface area contributed by atoms with E-state index in [1.165, 1.54) is 6.20 Å². The van der Waals surface area contributed by atoms with E-state index in [1.54, 1.807) is 19.1 Å². The molecule has 0 radical (unpaired) electrons. The van der Waals surface area contributed by atoms with E-state index in [4.69, 9.17) is 10.4 Å². The van der Waals surface area contributed by atoms with Gasteiger partial charge in [0.1, 0.15) is 17.0 Å². The van der Waals surface area contributed by atoms with Crippen molar-refractivity contribution in [1.29, 1.82) is 5.26 Å². The van der Waals surface area contributed by atoms with E-state index in [1.807, 2.05) is 6.07 Å². The molecule has 90 valence electrons. The summed E-state index contributed by atoms with van der Waals surface area (Å²) in [5, 5.41) is 16.8. The van der Waals surface area contributed by atoms with Gasteiger partial charge in [-0.15, -0.1) is 0 Å². The quantitative estimate of drug-likeness (QED) is 0.846. The number of aliphatic carboxylic acids is 1. The predicted octanol–water partition coefficient (Wildman–Crippen LogP) is 1.07. The minimum atomic E-state index is -1.54. The highest BCUT2D eigenvalue weighted by Gasteiger charge is 2.23. The van der Waals surface area contributed by atoms with Crippen LogP contribution in [-0.4, -0.2) is 25.5 Å². The largest absolute Gasteiger partial charge is 0.480 e. The molecular weight excluding hydrogens is 240 g/mol. The second-order valence-electron chi connectivity index (χ2n) is 3.38. The zero-order valence-electron chi connectivity index (χ0n) is 9.29. The molecule has 1 N–H and O–H groups in total. The van der Waals surface area contributed by atoms with Crippen LogP contribution in [0.15, 0.2) is 18.3 Å². The summed E-state index contributed by atoms with van der Waals surface area (Å²) in [6.45, 7) is 1.67. The van der Waals surface area contributed by atoms with Crippen molar-refractivity contribution in [3.63, 3.8) is 0 Å². The van der Waals surface area contributed by atoms with Crippen LogP contribution in [0, 0.1) is 11.3 Å². The first-order valence-electron chi connectivity index (χ1n) is 5.04. The number of carboxylic acids is 1. The Hall–Kier alpha value is -1.74. The molecule has 0 fully saturated rings. The van der Waals surface area contributed by atoms with Gasteiger partial charge in [-0.3, -0.25) is 9.00 Å². The lowest BCUT2D eigenvalue weighted by Crippen LogP contribution is -2.25. The molecule has 1 rings (SSSR count). The molecule has 0 saturated heterocycles. The summed E-state index contributed by atoms with van der Waals surface area (Å²) in [4.78, 5) is 14.7. The van der Waals surface area contributed by atoms with Crippen molar-refractivity contribution in [3.8, 4) is 6.07 Å². The number of aromatic nitrogens is 1. The number of hydrogen-bond acceptors (Lipinski definition) is 4. The lowest BCUT2D eigenvalue weighted by molar-refractivity contribution is -0.136. The Labute approximate surface area is 102 Å². The van der Waals surface area contributed by atoms with Crippen LogP contribution in [0.4, 0.5) is 0 Å². The molecule has 6 heteroatoms. The Morgan fingerprint density at radius 1 is 1.71 bits per heavy atom. The summed E-state index contributed by atoms with van der Waals surface area (Å²) < 4.78 is 11.8. The van der Waals surface area contributed by atoms with Gasteiger partial charge in [0, 0.05) is 22.6 Å². The molecule has 0 aliphatic carbocycles. The molecule has 0 spiro atoms. The van der Waals surface area contributed by atoms with Gasteiger partial charge in [-0.05, 0) is 12.5 Å². The smallest absolute Gasteiger partial charge is 0.319 e. The molecule has 2 unspecified atom stereocenters. The molecular formula is C11H12N2O3S. The maximum Gasteiger partial charge on any atom is 0.319 e. The maximum absolute atomic E-state index is 11.8. The first-order valence-corrected chi connectivity index (χ1v) is 6.42. The zero-order chi connectivity index (χ0) is 12.8. The fraction of sp³-hybridized carbons (Fsp3) is 0.364. The van der Waals surface area contributed by atoms with Crippen molar-refractivity contribution in [2.75, 3.05) is 0 Å². The van der Waals surface area contributed by atoms with Crippen molar-refractivity contribution in [3.05, 3.63) is 29.6 Å². The van der Waals surface area contributed by atoms with Gasteiger partial charge in [-0.25, -0.2) is 4.98 Å². The normalized spacial score (nSPS) is 13.6.